The van der Waals surface area contributed by atoms with Gasteiger partial charge in [-0.3, -0.25) is 14.4 Å². The van der Waals surface area contributed by atoms with E-state index in [0.717, 1.165) is 0 Å². The molecule has 2 heterocycles. The number of aliphatic carboxylic acids is 1. The van der Waals surface area contributed by atoms with Gasteiger partial charge in [0, 0.05) is 29.0 Å². The van der Waals surface area contributed by atoms with Crippen molar-refractivity contribution in [3.63, 3.8) is 0 Å². The summed E-state index contributed by atoms with van der Waals surface area (Å²) in [6, 6.07) is 6.63. The van der Waals surface area contributed by atoms with Gasteiger partial charge in [0.15, 0.2) is 0 Å². The lowest BCUT2D eigenvalue weighted by Crippen LogP contribution is -2.45. The summed E-state index contributed by atoms with van der Waals surface area (Å²) in [5, 5.41) is 9.92. The van der Waals surface area contributed by atoms with Gasteiger partial charge in [-0.2, -0.15) is 0 Å². The molecule has 1 fully saturated rings. The number of amides is 1. The van der Waals surface area contributed by atoms with E-state index in [-0.39, 0.29) is 23.9 Å². The molecule has 126 valence electrons. The fourth-order valence-corrected chi connectivity index (χ4v) is 3.75. The van der Waals surface area contributed by atoms with Crippen molar-refractivity contribution in [1.82, 2.24) is 9.88 Å². The number of aromatic amines is 1. The molecular weight excluding hydrogens is 376 g/mol. The fraction of sp³-hybridized carbons (Fsp3) is 0.353. The van der Waals surface area contributed by atoms with Crippen LogP contribution in [0, 0.1) is 11.8 Å². The number of carboxylic acid groups (broad SMARTS) is 1. The molecule has 0 saturated carbocycles. The first-order valence-corrected chi connectivity index (χ1v) is 8.49. The van der Waals surface area contributed by atoms with E-state index in [1.165, 1.54) is 6.07 Å². The number of para-hydroxylation sites is 1. The Morgan fingerprint density at radius 2 is 2.08 bits per heavy atom. The average Bonchev–Trinajstić information content (AvgIpc) is 2.53. The first-order chi connectivity index (χ1) is 11.4. The second-order valence-electron chi connectivity index (χ2n) is 6.30. The number of hydrogen-bond donors (Lipinski definition) is 2. The van der Waals surface area contributed by atoms with Gasteiger partial charge in [0.25, 0.3) is 5.91 Å². The maximum absolute atomic E-state index is 13.0. The van der Waals surface area contributed by atoms with Gasteiger partial charge in [-0.15, -0.1) is 0 Å². The third-order valence-electron chi connectivity index (χ3n) is 4.35. The van der Waals surface area contributed by atoms with Crippen LogP contribution in [0.15, 0.2) is 33.5 Å². The van der Waals surface area contributed by atoms with E-state index in [4.69, 9.17) is 0 Å². The van der Waals surface area contributed by atoms with E-state index in [2.05, 4.69) is 20.9 Å². The largest absolute Gasteiger partial charge is 0.481 e. The van der Waals surface area contributed by atoms with Crippen molar-refractivity contribution in [2.24, 2.45) is 11.8 Å². The summed E-state index contributed by atoms with van der Waals surface area (Å²) in [6.45, 7) is 2.59. The Kier molecular flexibility index (Phi) is 4.45. The highest BCUT2D eigenvalue weighted by molar-refractivity contribution is 9.10. The maximum Gasteiger partial charge on any atom is 0.308 e. The molecule has 3 rings (SSSR count). The number of rotatable bonds is 2. The zero-order valence-corrected chi connectivity index (χ0v) is 14.7. The molecule has 1 saturated heterocycles. The molecule has 2 N–H and O–H groups in total. The summed E-state index contributed by atoms with van der Waals surface area (Å²) in [6.07, 6.45) is 0.556. The summed E-state index contributed by atoms with van der Waals surface area (Å²) < 4.78 is 0.696. The topological polar surface area (TPSA) is 90.5 Å². The van der Waals surface area contributed by atoms with Gasteiger partial charge in [-0.25, -0.2) is 0 Å². The molecule has 2 unspecified atom stereocenters. The highest BCUT2D eigenvalue weighted by Gasteiger charge is 2.32. The number of H-pyrrole nitrogens is 1. The van der Waals surface area contributed by atoms with Crippen molar-refractivity contribution >= 4 is 38.7 Å². The molecule has 0 aliphatic carbocycles. The summed E-state index contributed by atoms with van der Waals surface area (Å²) >= 11 is 3.38. The molecule has 0 radical (unpaired) electrons. The number of likely N-dealkylation sites (tertiary alicyclic amines) is 1. The monoisotopic (exact) mass is 392 g/mol. The van der Waals surface area contributed by atoms with Crippen molar-refractivity contribution in [2.75, 3.05) is 13.1 Å². The van der Waals surface area contributed by atoms with Crippen LogP contribution < -0.4 is 5.56 Å². The quantitative estimate of drug-likeness (QED) is 0.820. The molecule has 1 aromatic heterocycles. The Hall–Kier alpha value is -2.15. The van der Waals surface area contributed by atoms with E-state index < -0.39 is 11.9 Å². The van der Waals surface area contributed by atoms with Crippen LogP contribution in [0.5, 0.6) is 0 Å². The van der Waals surface area contributed by atoms with Gasteiger partial charge in [0.05, 0.1) is 17.0 Å². The van der Waals surface area contributed by atoms with Crippen LogP contribution in [-0.2, 0) is 4.79 Å². The Labute approximate surface area is 146 Å². The van der Waals surface area contributed by atoms with E-state index >= 15 is 0 Å². The second kappa shape index (κ2) is 6.39. The molecular formula is C17H17BrN2O4. The van der Waals surface area contributed by atoms with Gasteiger partial charge in [0.1, 0.15) is 0 Å². The molecule has 24 heavy (non-hydrogen) atoms. The Bertz CT molecular complexity index is 877. The zero-order chi connectivity index (χ0) is 17.4. The smallest absolute Gasteiger partial charge is 0.308 e. The van der Waals surface area contributed by atoms with Crippen LogP contribution in [0.1, 0.15) is 23.7 Å². The number of nitrogens with one attached hydrogen (secondary N) is 1. The molecule has 1 aliphatic heterocycles. The number of carbonyl (C=O) groups is 2. The maximum atomic E-state index is 13.0. The fourth-order valence-electron chi connectivity index (χ4n) is 3.29. The van der Waals surface area contributed by atoms with Gasteiger partial charge >= 0.3 is 5.97 Å². The minimum absolute atomic E-state index is 0.101. The van der Waals surface area contributed by atoms with Crippen molar-refractivity contribution < 1.29 is 14.7 Å². The minimum Gasteiger partial charge on any atom is -0.481 e. The highest BCUT2D eigenvalue weighted by Crippen LogP contribution is 2.27. The van der Waals surface area contributed by atoms with E-state index in [9.17, 15) is 19.5 Å². The zero-order valence-electron chi connectivity index (χ0n) is 13.1. The Morgan fingerprint density at radius 3 is 2.79 bits per heavy atom. The number of halogens is 1. The van der Waals surface area contributed by atoms with Crippen LogP contribution >= 0.6 is 15.9 Å². The summed E-state index contributed by atoms with van der Waals surface area (Å²) in [5.74, 6) is -1.67. The second-order valence-corrected chi connectivity index (χ2v) is 7.15. The number of aromatic nitrogens is 1. The number of nitrogens with zero attached hydrogens (tertiary/aromatic N) is 1. The summed E-state index contributed by atoms with van der Waals surface area (Å²) in [5.41, 5.74) is 0.499. The third kappa shape index (κ3) is 3.08. The SMILES string of the molecule is CC1CC(C(=O)O)CN(C(=O)c2cc(=O)[nH]c3c(Br)cccc23)C1. The molecule has 1 amide bonds. The number of pyridine rings is 1. The van der Waals surface area contributed by atoms with Crippen LogP contribution in [0.3, 0.4) is 0 Å². The number of fused-ring (bicyclic) bond motifs is 1. The summed E-state index contributed by atoms with van der Waals surface area (Å²) in [4.78, 5) is 40.5. The van der Waals surface area contributed by atoms with Gasteiger partial charge in [0.2, 0.25) is 5.56 Å². The van der Waals surface area contributed by atoms with Crippen molar-refractivity contribution in [1.29, 1.82) is 0 Å². The van der Waals surface area contributed by atoms with E-state index in [0.29, 0.717) is 33.9 Å². The molecule has 1 aliphatic rings. The van der Waals surface area contributed by atoms with E-state index in [1.807, 2.05) is 6.92 Å². The lowest BCUT2D eigenvalue weighted by Gasteiger charge is -2.34. The van der Waals surface area contributed by atoms with Gasteiger partial charge in [-0.1, -0.05) is 19.1 Å². The normalized spacial score (nSPS) is 21.0. The number of piperidine rings is 1. The number of hydrogen-bond acceptors (Lipinski definition) is 3. The lowest BCUT2D eigenvalue weighted by molar-refractivity contribution is -0.143. The first kappa shape index (κ1) is 16.7. The number of carbonyl (C=O) groups excluding carboxylic acids is 1. The molecule has 6 nitrogen and oxygen atoms in total. The number of benzene rings is 1. The van der Waals surface area contributed by atoms with Gasteiger partial charge in [-0.05, 0) is 34.3 Å². The standard InChI is InChI=1S/C17H17BrN2O4/c1-9-5-10(17(23)24)8-20(7-9)16(22)12-6-14(21)19-15-11(12)3-2-4-13(15)18/h2-4,6,9-10H,5,7-8H2,1H3,(H,19,21)(H,23,24). The summed E-state index contributed by atoms with van der Waals surface area (Å²) in [7, 11) is 0. The predicted octanol–water partition coefficient (Wildman–Crippen LogP) is 2.47. The van der Waals surface area contributed by atoms with Crippen molar-refractivity contribution in [3.8, 4) is 0 Å². The molecule has 1 aromatic carbocycles. The lowest BCUT2D eigenvalue weighted by atomic mass is 9.90. The molecule has 2 atom stereocenters. The molecule has 0 spiro atoms. The van der Waals surface area contributed by atoms with Crippen LogP contribution in [0.25, 0.3) is 10.9 Å². The van der Waals surface area contributed by atoms with Crippen molar-refractivity contribution in [3.05, 3.63) is 44.7 Å². The molecule has 0 bridgehead atoms. The van der Waals surface area contributed by atoms with Crippen LogP contribution in [0.4, 0.5) is 0 Å². The predicted molar refractivity (Wildman–Crippen MR) is 93.1 cm³/mol. The highest BCUT2D eigenvalue weighted by atomic mass is 79.9. The Morgan fingerprint density at radius 1 is 1.33 bits per heavy atom. The van der Waals surface area contributed by atoms with Gasteiger partial charge < -0.3 is 15.0 Å². The van der Waals surface area contributed by atoms with Crippen LogP contribution in [0.2, 0.25) is 0 Å². The van der Waals surface area contributed by atoms with Crippen molar-refractivity contribution in [2.45, 2.75) is 13.3 Å². The Balaban J connectivity index is 2.04. The molecule has 7 heteroatoms. The molecule has 2 aromatic rings. The third-order valence-corrected chi connectivity index (χ3v) is 5.01. The average molecular weight is 393 g/mol. The van der Waals surface area contributed by atoms with E-state index in [1.54, 1.807) is 23.1 Å². The first-order valence-electron chi connectivity index (χ1n) is 7.70. The minimum atomic E-state index is -0.891. The number of carboxylic acids is 1. The van der Waals surface area contributed by atoms with Crippen LogP contribution in [-0.4, -0.2) is 40.0 Å².